The summed E-state index contributed by atoms with van der Waals surface area (Å²) in [5, 5.41) is 0.603. The Bertz CT molecular complexity index is 1530. The number of piperidine rings is 1. The molecule has 0 radical (unpaired) electrons. The van der Waals surface area contributed by atoms with Crippen molar-refractivity contribution in [2.45, 2.75) is 46.1 Å². The summed E-state index contributed by atoms with van der Waals surface area (Å²) in [6.45, 7) is 9.12. The molecule has 1 saturated heterocycles. The number of carbonyl (C=O) groups excluding carboxylic acids is 1. The van der Waals surface area contributed by atoms with Gasteiger partial charge >= 0.3 is 0 Å². The van der Waals surface area contributed by atoms with Crippen molar-refractivity contribution in [1.29, 1.82) is 0 Å². The lowest BCUT2D eigenvalue weighted by atomic mass is 9.94. The van der Waals surface area contributed by atoms with Crippen molar-refractivity contribution in [1.82, 2.24) is 9.47 Å². The van der Waals surface area contributed by atoms with Gasteiger partial charge in [-0.05, 0) is 81.5 Å². The normalized spacial score (nSPS) is 17.8. The van der Waals surface area contributed by atoms with Crippen molar-refractivity contribution >= 4 is 40.6 Å². The number of carbonyl (C=O) groups is 1. The first-order valence-electron chi connectivity index (χ1n) is 13.3. The zero-order valence-corrected chi connectivity index (χ0v) is 23.7. The smallest absolute Gasteiger partial charge is 0.271 e. The van der Waals surface area contributed by atoms with Gasteiger partial charge in [-0.15, -0.1) is 0 Å². The average molecular weight is 549 g/mol. The van der Waals surface area contributed by atoms with Crippen LogP contribution in [-0.2, 0) is 4.79 Å². The van der Waals surface area contributed by atoms with Gasteiger partial charge in [0.15, 0.2) is 4.80 Å². The zero-order chi connectivity index (χ0) is 26.8. The van der Waals surface area contributed by atoms with Gasteiger partial charge in [0, 0.05) is 36.9 Å². The summed E-state index contributed by atoms with van der Waals surface area (Å²) in [6.07, 6.45) is 5.69. The highest BCUT2D eigenvalue weighted by Crippen LogP contribution is 2.32. The first-order valence-corrected chi connectivity index (χ1v) is 14.5. The van der Waals surface area contributed by atoms with Gasteiger partial charge in [0.1, 0.15) is 0 Å². The number of allylic oxidation sites excluding steroid dienone is 1. The van der Waals surface area contributed by atoms with Crippen LogP contribution in [0.15, 0.2) is 69.6 Å². The maximum atomic E-state index is 13.9. The Labute approximate surface area is 232 Å². The number of fused-ring (bicyclic) bond motifs is 1. The summed E-state index contributed by atoms with van der Waals surface area (Å²) in [5.74, 6) is -0.0984. The third-order valence-corrected chi connectivity index (χ3v) is 8.64. The van der Waals surface area contributed by atoms with Gasteiger partial charge in [-0.1, -0.05) is 47.2 Å². The Morgan fingerprint density at radius 2 is 1.71 bits per heavy atom. The van der Waals surface area contributed by atoms with E-state index in [0.29, 0.717) is 38.7 Å². The molecular weight excluding hydrogens is 516 g/mol. The first kappa shape index (κ1) is 26.4. The largest absolute Gasteiger partial charge is 0.372 e. The number of amides is 1. The second-order valence-corrected chi connectivity index (χ2v) is 11.2. The minimum absolute atomic E-state index is 0.0984. The number of benzene rings is 2. The van der Waals surface area contributed by atoms with Gasteiger partial charge in [-0.3, -0.25) is 14.2 Å². The van der Waals surface area contributed by atoms with Crippen LogP contribution in [0.2, 0.25) is 5.02 Å². The second-order valence-electron chi connectivity index (χ2n) is 9.75. The topological polar surface area (TPSA) is 57.9 Å². The number of likely N-dealkylation sites (N-methyl/N-ethyl adjacent to an activating group) is 1. The lowest BCUT2D eigenvalue weighted by molar-refractivity contribution is -0.127. The minimum atomic E-state index is -0.569. The molecule has 3 aromatic rings. The highest BCUT2D eigenvalue weighted by Gasteiger charge is 2.34. The monoisotopic (exact) mass is 548 g/mol. The molecule has 1 fully saturated rings. The Kier molecular flexibility index (Phi) is 7.86. The van der Waals surface area contributed by atoms with E-state index in [2.05, 4.69) is 29.2 Å². The van der Waals surface area contributed by atoms with E-state index in [1.54, 1.807) is 21.6 Å². The molecule has 2 aromatic carbocycles. The number of nitrogens with zero attached hydrogens (tertiary/aromatic N) is 4. The van der Waals surface area contributed by atoms with Crippen LogP contribution in [0.25, 0.3) is 6.08 Å². The second kappa shape index (κ2) is 11.3. The van der Waals surface area contributed by atoms with Gasteiger partial charge in [0.05, 0.1) is 21.8 Å². The molecule has 3 heterocycles. The SMILES string of the molecule is CCN(CC)C(=O)C1=C(C)N=c2s/c(=C\c3ccc(N4CCCCC4)cc3)c(=O)n2[C@H]1c1ccc(Cl)cc1. The standard InChI is InChI=1S/C30H33ClN4O2S/c1-4-33(5-2)29(37)26-20(3)32-30-35(27(26)22-11-13-23(31)14-12-22)28(36)25(38-30)19-21-9-15-24(16-10-21)34-17-7-6-8-18-34/h9-16,19,27H,4-8,17-18H2,1-3H3/b25-19-/t27-/m0/s1. The highest BCUT2D eigenvalue weighted by atomic mass is 35.5. The Balaban J connectivity index is 1.59. The fourth-order valence-corrected chi connectivity index (χ4v) is 6.49. The molecule has 8 heteroatoms. The lowest BCUT2D eigenvalue weighted by Crippen LogP contribution is -2.43. The van der Waals surface area contributed by atoms with E-state index in [9.17, 15) is 9.59 Å². The summed E-state index contributed by atoms with van der Waals surface area (Å²) in [4.78, 5) is 37.1. The molecule has 1 amide bonds. The van der Waals surface area contributed by atoms with E-state index in [0.717, 1.165) is 24.2 Å². The number of aromatic nitrogens is 1. The minimum Gasteiger partial charge on any atom is -0.372 e. The fourth-order valence-electron chi connectivity index (χ4n) is 5.32. The molecule has 6 nitrogen and oxygen atoms in total. The van der Waals surface area contributed by atoms with Crippen LogP contribution in [0.1, 0.15) is 57.2 Å². The van der Waals surface area contributed by atoms with Crippen LogP contribution in [-0.4, -0.2) is 41.6 Å². The van der Waals surface area contributed by atoms with Gasteiger partial charge in [-0.2, -0.15) is 0 Å². The predicted molar refractivity (Wildman–Crippen MR) is 156 cm³/mol. The number of halogens is 1. The lowest BCUT2D eigenvalue weighted by Gasteiger charge is -2.29. The summed E-state index contributed by atoms with van der Waals surface area (Å²) < 4.78 is 2.27. The number of hydrogen-bond acceptors (Lipinski definition) is 5. The van der Waals surface area contributed by atoms with Crippen LogP contribution in [0, 0.1) is 0 Å². The zero-order valence-electron chi connectivity index (χ0n) is 22.1. The van der Waals surface area contributed by atoms with E-state index in [4.69, 9.17) is 16.6 Å². The Hall–Kier alpha value is -3.16. The molecule has 2 aliphatic rings. The summed E-state index contributed by atoms with van der Waals surface area (Å²) >= 11 is 7.54. The molecule has 0 N–H and O–H groups in total. The first-order chi connectivity index (χ1) is 18.4. The van der Waals surface area contributed by atoms with Crippen LogP contribution in [0.4, 0.5) is 5.69 Å². The molecule has 0 saturated carbocycles. The number of rotatable bonds is 6. The summed E-state index contributed by atoms with van der Waals surface area (Å²) in [5.41, 5.74) is 4.04. The van der Waals surface area contributed by atoms with Crippen LogP contribution >= 0.6 is 22.9 Å². The molecule has 5 rings (SSSR count). The molecule has 0 spiro atoms. The highest BCUT2D eigenvalue weighted by molar-refractivity contribution is 7.07. The summed E-state index contributed by atoms with van der Waals surface area (Å²) in [7, 11) is 0. The molecule has 0 aliphatic carbocycles. The van der Waals surface area contributed by atoms with E-state index >= 15 is 0 Å². The molecule has 0 bridgehead atoms. The molecular formula is C30H33ClN4O2S. The van der Waals surface area contributed by atoms with Gasteiger partial charge in [0.2, 0.25) is 0 Å². The number of anilines is 1. The maximum absolute atomic E-state index is 13.9. The van der Waals surface area contributed by atoms with Crippen molar-refractivity contribution in [3.05, 3.63) is 95.6 Å². The summed E-state index contributed by atoms with van der Waals surface area (Å²) in [6, 6.07) is 15.2. The molecule has 0 unspecified atom stereocenters. The van der Waals surface area contributed by atoms with E-state index in [1.807, 2.05) is 39.0 Å². The van der Waals surface area contributed by atoms with Gasteiger partial charge in [-0.25, -0.2) is 4.99 Å². The van der Waals surface area contributed by atoms with Crippen LogP contribution in [0.5, 0.6) is 0 Å². The van der Waals surface area contributed by atoms with E-state index in [1.165, 1.54) is 36.3 Å². The van der Waals surface area contributed by atoms with Crippen molar-refractivity contribution in [2.75, 3.05) is 31.1 Å². The fraction of sp³-hybridized carbons (Fsp3) is 0.367. The molecule has 2 aliphatic heterocycles. The van der Waals surface area contributed by atoms with Crippen LogP contribution < -0.4 is 19.8 Å². The Morgan fingerprint density at radius 3 is 2.34 bits per heavy atom. The van der Waals surface area contributed by atoms with E-state index in [-0.39, 0.29) is 11.5 Å². The Morgan fingerprint density at radius 1 is 1.05 bits per heavy atom. The molecule has 1 aromatic heterocycles. The van der Waals surface area contributed by atoms with Crippen molar-refractivity contribution in [2.24, 2.45) is 4.99 Å². The average Bonchev–Trinajstić information content (AvgIpc) is 3.24. The van der Waals surface area contributed by atoms with Crippen molar-refractivity contribution < 1.29 is 4.79 Å². The third kappa shape index (κ3) is 5.09. The van der Waals surface area contributed by atoms with Crippen LogP contribution in [0.3, 0.4) is 0 Å². The number of thiazole rings is 1. The van der Waals surface area contributed by atoms with E-state index < -0.39 is 6.04 Å². The predicted octanol–water partition coefficient (Wildman–Crippen LogP) is 4.75. The van der Waals surface area contributed by atoms with Gasteiger partial charge < -0.3 is 9.80 Å². The van der Waals surface area contributed by atoms with Crippen molar-refractivity contribution in [3.63, 3.8) is 0 Å². The van der Waals surface area contributed by atoms with Gasteiger partial charge in [0.25, 0.3) is 11.5 Å². The number of hydrogen-bond donors (Lipinski definition) is 0. The molecule has 38 heavy (non-hydrogen) atoms. The maximum Gasteiger partial charge on any atom is 0.271 e. The third-order valence-electron chi connectivity index (χ3n) is 7.40. The van der Waals surface area contributed by atoms with Crippen molar-refractivity contribution in [3.8, 4) is 0 Å². The quantitative estimate of drug-likeness (QED) is 0.447. The molecule has 1 atom stereocenters. The molecule has 198 valence electrons.